The van der Waals surface area contributed by atoms with Crippen molar-refractivity contribution < 1.29 is 0 Å². The summed E-state index contributed by atoms with van der Waals surface area (Å²) >= 11 is 0. The van der Waals surface area contributed by atoms with Crippen LogP contribution in [-0.2, 0) is 0 Å². The first-order valence-corrected chi connectivity index (χ1v) is 4.51. The van der Waals surface area contributed by atoms with E-state index in [2.05, 4.69) is 26.2 Å². The van der Waals surface area contributed by atoms with Crippen molar-refractivity contribution in [2.75, 3.05) is 0 Å². The summed E-state index contributed by atoms with van der Waals surface area (Å²) in [4.78, 5) is 0. The Morgan fingerprint density at radius 1 is 1.55 bits per heavy atom. The summed E-state index contributed by atoms with van der Waals surface area (Å²) in [6.45, 7) is 10.4. The van der Waals surface area contributed by atoms with Crippen molar-refractivity contribution >= 4 is 0 Å². The van der Waals surface area contributed by atoms with Gasteiger partial charge in [-0.15, -0.1) is 6.58 Å². The van der Waals surface area contributed by atoms with Crippen LogP contribution in [0.1, 0.15) is 26.2 Å². The maximum Gasteiger partial charge on any atom is 0.00883 e. The van der Waals surface area contributed by atoms with Crippen LogP contribution in [0.25, 0.3) is 0 Å². The molecule has 60 valence electrons. The van der Waals surface area contributed by atoms with Crippen molar-refractivity contribution in [2.24, 2.45) is 17.3 Å². The van der Waals surface area contributed by atoms with Gasteiger partial charge in [0, 0.05) is 5.41 Å². The molecule has 2 rings (SSSR count). The Hall–Kier alpha value is -0.520. The zero-order valence-corrected chi connectivity index (χ0v) is 7.27. The van der Waals surface area contributed by atoms with Crippen LogP contribution in [0, 0.1) is 17.3 Å². The van der Waals surface area contributed by atoms with Crippen LogP contribution in [0.2, 0.25) is 0 Å². The second-order valence-corrected chi connectivity index (χ2v) is 4.22. The zero-order chi connectivity index (χ0) is 8.06. The smallest absolute Gasteiger partial charge is 0.00883 e. The van der Waals surface area contributed by atoms with E-state index in [0.717, 1.165) is 11.8 Å². The molecule has 2 aliphatic rings. The predicted octanol–water partition coefficient (Wildman–Crippen LogP) is 3.16. The summed E-state index contributed by atoms with van der Waals surface area (Å²) in [6.07, 6.45) is 6.26. The second-order valence-electron chi connectivity index (χ2n) is 4.22. The monoisotopic (exact) mass is 148 g/mol. The van der Waals surface area contributed by atoms with E-state index in [0.29, 0.717) is 0 Å². The maximum atomic E-state index is 4.19. The summed E-state index contributed by atoms with van der Waals surface area (Å²) in [5.41, 5.74) is 1.73. The molecule has 0 aliphatic heterocycles. The van der Waals surface area contributed by atoms with Gasteiger partial charge in [-0.2, -0.15) is 0 Å². The average Bonchev–Trinajstić information content (AvgIpc) is 2.56. The molecule has 3 unspecified atom stereocenters. The first-order chi connectivity index (χ1) is 5.18. The molecule has 0 N–H and O–H groups in total. The van der Waals surface area contributed by atoms with E-state index in [4.69, 9.17) is 0 Å². The van der Waals surface area contributed by atoms with E-state index >= 15 is 0 Å². The fourth-order valence-corrected chi connectivity index (χ4v) is 2.84. The summed E-state index contributed by atoms with van der Waals surface area (Å²) < 4.78 is 0. The van der Waals surface area contributed by atoms with Gasteiger partial charge in [-0.25, -0.2) is 0 Å². The molecule has 0 radical (unpaired) electrons. The van der Waals surface area contributed by atoms with E-state index in [1.165, 1.54) is 24.8 Å². The summed E-state index contributed by atoms with van der Waals surface area (Å²) in [5, 5.41) is 0. The lowest BCUT2D eigenvalue weighted by molar-refractivity contribution is 0.333. The van der Waals surface area contributed by atoms with Gasteiger partial charge in [0.25, 0.3) is 0 Å². The molecule has 0 amide bonds. The van der Waals surface area contributed by atoms with Crippen LogP contribution >= 0.6 is 0 Å². The molecule has 0 aromatic rings. The third-order valence-electron chi connectivity index (χ3n) is 3.89. The third kappa shape index (κ3) is 0.702. The Kier molecular flexibility index (Phi) is 1.30. The van der Waals surface area contributed by atoms with Gasteiger partial charge >= 0.3 is 0 Å². The molecule has 2 bridgehead atoms. The standard InChI is InChI=1S/C11H16/c1-4-11(3)8(2)9-5-6-10(11)7-9/h4,9-10H,1-2,5-7H2,3H3. The van der Waals surface area contributed by atoms with Crippen molar-refractivity contribution in [3.63, 3.8) is 0 Å². The minimum atomic E-state index is 0.281. The number of hydrogen-bond donors (Lipinski definition) is 0. The van der Waals surface area contributed by atoms with Crippen LogP contribution in [0.5, 0.6) is 0 Å². The molecule has 0 spiro atoms. The lowest BCUT2D eigenvalue weighted by Crippen LogP contribution is -2.23. The predicted molar refractivity (Wildman–Crippen MR) is 48.3 cm³/mol. The molecule has 11 heavy (non-hydrogen) atoms. The highest BCUT2D eigenvalue weighted by molar-refractivity contribution is 5.29. The molecule has 0 aromatic heterocycles. The Balaban J connectivity index is 2.37. The number of hydrogen-bond acceptors (Lipinski definition) is 0. The molecule has 0 aromatic carbocycles. The average molecular weight is 148 g/mol. The summed E-state index contributed by atoms with van der Waals surface area (Å²) in [5.74, 6) is 1.68. The maximum absolute atomic E-state index is 4.19. The highest BCUT2D eigenvalue weighted by Crippen LogP contribution is 2.58. The molecule has 0 heteroatoms. The van der Waals surface area contributed by atoms with Gasteiger partial charge in [-0.05, 0) is 31.1 Å². The van der Waals surface area contributed by atoms with Crippen molar-refractivity contribution in [3.05, 3.63) is 24.8 Å². The first-order valence-electron chi connectivity index (χ1n) is 4.51. The van der Waals surface area contributed by atoms with E-state index < -0.39 is 0 Å². The van der Waals surface area contributed by atoms with Gasteiger partial charge in [0.05, 0.1) is 0 Å². The number of rotatable bonds is 1. The largest absolute Gasteiger partial charge is 0.102 e. The van der Waals surface area contributed by atoms with Gasteiger partial charge in [0.15, 0.2) is 0 Å². The normalized spacial score (nSPS) is 48.3. The lowest BCUT2D eigenvalue weighted by atomic mass is 9.72. The second kappa shape index (κ2) is 2.00. The number of allylic oxidation sites excluding steroid dienone is 2. The van der Waals surface area contributed by atoms with Gasteiger partial charge in [0.1, 0.15) is 0 Å². The Morgan fingerprint density at radius 2 is 2.27 bits per heavy atom. The zero-order valence-electron chi connectivity index (χ0n) is 7.27. The van der Waals surface area contributed by atoms with E-state index in [1.807, 2.05) is 0 Å². The molecular weight excluding hydrogens is 132 g/mol. The van der Waals surface area contributed by atoms with Gasteiger partial charge < -0.3 is 0 Å². The van der Waals surface area contributed by atoms with Gasteiger partial charge in [-0.3, -0.25) is 0 Å². The molecule has 0 nitrogen and oxygen atoms in total. The quantitative estimate of drug-likeness (QED) is 0.501. The fraction of sp³-hybridized carbons (Fsp3) is 0.636. The topological polar surface area (TPSA) is 0 Å². The van der Waals surface area contributed by atoms with Crippen LogP contribution in [0.3, 0.4) is 0 Å². The summed E-state index contributed by atoms with van der Waals surface area (Å²) in [7, 11) is 0. The van der Waals surface area contributed by atoms with Crippen molar-refractivity contribution in [1.29, 1.82) is 0 Å². The highest BCUT2D eigenvalue weighted by Gasteiger charge is 2.48. The Morgan fingerprint density at radius 3 is 2.64 bits per heavy atom. The van der Waals surface area contributed by atoms with Gasteiger partial charge in [0.2, 0.25) is 0 Å². The molecule has 0 heterocycles. The summed E-state index contributed by atoms with van der Waals surface area (Å²) in [6, 6.07) is 0. The lowest BCUT2D eigenvalue weighted by Gasteiger charge is -2.32. The molecule has 3 atom stereocenters. The van der Waals surface area contributed by atoms with E-state index in [-0.39, 0.29) is 5.41 Å². The molecular formula is C11H16. The van der Waals surface area contributed by atoms with Crippen LogP contribution in [0.15, 0.2) is 24.8 Å². The first kappa shape index (κ1) is 7.15. The third-order valence-corrected chi connectivity index (χ3v) is 3.89. The molecule has 0 saturated heterocycles. The minimum absolute atomic E-state index is 0.281. The van der Waals surface area contributed by atoms with E-state index in [1.54, 1.807) is 0 Å². The SMILES string of the molecule is C=CC1(C)C(=C)C2CCC1C2. The van der Waals surface area contributed by atoms with Crippen LogP contribution < -0.4 is 0 Å². The highest BCUT2D eigenvalue weighted by atomic mass is 14.5. The fourth-order valence-electron chi connectivity index (χ4n) is 2.84. The molecule has 2 saturated carbocycles. The van der Waals surface area contributed by atoms with Crippen molar-refractivity contribution in [3.8, 4) is 0 Å². The molecule has 2 aliphatic carbocycles. The Labute approximate surface area is 69.0 Å². The van der Waals surface area contributed by atoms with E-state index in [9.17, 15) is 0 Å². The van der Waals surface area contributed by atoms with Crippen molar-refractivity contribution in [1.82, 2.24) is 0 Å². The molecule has 2 fully saturated rings. The van der Waals surface area contributed by atoms with Gasteiger partial charge in [-0.1, -0.05) is 25.2 Å². The minimum Gasteiger partial charge on any atom is -0.102 e. The van der Waals surface area contributed by atoms with Crippen molar-refractivity contribution in [2.45, 2.75) is 26.2 Å². The van der Waals surface area contributed by atoms with Crippen LogP contribution in [0.4, 0.5) is 0 Å². The Bertz CT molecular complexity index is 214. The number of fused-ring (bicyclic) bond motifs is 2. The van der Waals surface area contributed by atoms with Crippen LogP contribution in [-0.4, -0.2) is 0 Å².